The maximum atomic E-state index is 2.53. The Kier molecular flexibility index (Phi) is 54.4. The molecule has 0 bridgehead atoms. The van der Waals surface area contributed by atoms with Crippen LogP contribution in [0.25, 0.3) is 0 Å². The van der Waals surface area contributed by atoms with Crippen LogP contribution in [0, 0.1) is 0 Å². The highest BCUT2D eigenvalue weighted by atomic mass is 14.1. The molecule has 0 heteroatoms. The van der Waals surface area contributed by atoms with E-state index in [9.17, 15) is 0 Å². The summed E-state index contributed by atoms with van der Waals surface area (Å²) in [7, 11) is 0. The van der Waals surface area contributed by atoms with Crippen LogP contribution in [0.1, 0.15) is 385 Å². The number of benzene rings is 1. The predicted molar refractivity (Wildman–Crippen MR) is 304 cm³/mol. The second-order valence-electron chi connectivity index (χ2n) is 22.4. The van der Waals surface area contributed by atoms with E-state index in [-0.39, 0.29) is 0 Å². The minimum Gasteiger partial charge on any atom is -0.0654 e. The number of aryl methyl sites for hydroxylation is 2. The number of hydrogen-bond acceptors (Lipinski definition) is 0. The molecule has 0 nitrogen and oxygen atoms in total. The van der Waals surface area contributed by atoms with Crippen molar-refractivity contribution in [2.75, 3.05) is 0 Å². The number of rotatable bonds is 58. The van der Waals surface area contributed by atoms with Crippen molar-refractivity contribution in [2.45, 2.75) is 386 Å². The fourth-order valence-electron chi connectivity index (χ4n) is 10.9. The van der Waals surface area contributed by atoms with Gasteiger partial charge < -0.3 is 0 Å². The maximum absolute atomic E-state index is 2.53. The van der Waals surface area contributed by atoms with Gasteiger partial charge in [0.05, 0.1) is 0 Å². The summed E-state index contributed by atoms with van der Waals surface area (Å²) in [5.41, 5.74) is 3.17. The van der Waals surface area contributed by atoms with Crippen LogP contribution in [0.2, 0.25) is 0 Å². The molecule has 0 aromatic heterocycles. The highest BCUT2D eigenvalue weighted by molar-refractivity contribution is 5.23. The Hall–Kier alpha value is -0.780. The number of unbranched alkanes of at least 4 members (excludes halogenated alkanes) is 54. The monoisotopic (exact) mass is 919 g/mol. The van der Waals surface area contributed by atoms with Crippen molar-refractivity contribution in [1.29, 1.82) is 0 Å². The zero-order chi connectivity index (χ0) is 47.0. The van der Waals surface area contributed by atoms with Gasteiger partial charge in [-0.2, -0.15) is 0 Å². The van der Waals surface area contributed by atoms with Crippen molar-refractivity contribution >= 4 is 0 Å². The molecule has 0 fully saturated rings. The van der Waals surface area contributed by atoms with Gasteiger partial charge in [0, 0.05) is 0 Å². The summed E-state index contributed by atoms with van der Waals surface area (Å²) >= 11 is 0. The van der Waals surface area contributed by atoms with E-state index in [2.05, 4.69) is 38.1 Å². The van der Waals surface area contributed by atoms with E-state index in [4.69, 9.17) is 0 Å². The van der Waals surface area contributed by atoms with E-state index < -0.39 is 0 Å². The molecular formula is C66H126. The molecule has 0 aliphatic rings. The Balaban J connectivity index is 1.74. The van der Waals surface area contributed by atoms with Crippen molar-refractivity contribution in [3.8, 4) is 0 Å². The highest BCUT2D eigenvalue weighted by Gasteiger charge is 2.02. The molecule has 1 aromatic rings. The van der Waals surface area contributed by atoms with Crippen LogP contribution < -0.4 is 0 Å². The summed E-state index contributed by atoms with van der Waals surface area (Å²) in [5, 5.41) is 0. The molecule has 0 spiro atoms. The predicted octanol–water partition coefficient (Wildman–Crippen LogP) is 24.7. The molecule has 0 heterocycles. The third-order valence-corrected chi connectivity index (χ3v) is 15.6. The van der Waals surface area contributed by atoms with Crippen molar-refractivity contribution < 1.29 is 0 Å². The number of hydrogen-bond donors (Lipinski definition) is 0. The minimum absolute atomic E-state index is 1.28. The molecule has 0 amide bonds. The second kappa shape index (κ2) is 56.8. The van der Waals surface area contributed by atoms with Gasteiger partial charge in [-0.25, -0.2) is 0 Å². The van der Waals surface area contributed by atoms with Crippen LogP contribution in [0.5, 0.6) is 0 Å². The smallest absolute Gasteiger partial charge is 0.0279 e. The Morgan fingerprint density at radius 3 is 0.470 bits per heavy atom. The van der Waals surface area contributed by atoms with Gasteiger partial charge in [0.25, 0.3) is 0 Å². The Bertz CT molecular complexity index is 916. The molecule has 390 valence electrons. The zero-order valence-corrected chi connectivity index (χ0v) is 46.3. The summed E-state index contributed by atoms with van der Waals surface area (Å²) in [5.74, 6) is 0. The van der Waals surface area contributed by atoms with Crippen LogP contribution in [0.3, 0.4) is 0 Å². The average molecular weight is 920 g/mol. The van der Waals surface area contributed by atoms with Crippen molar-refractivity contribution in [2.24, 2.45) is 0 Å². The fourth-order valence-corrected chi connectivity index (χ4v) is 10.9. The van der Waals surface area contributed by atoms with E-state index in [0.717, 1.165) is 0 Å². The Morgan fingerprint density at radius 2 is 0.318 bits per heavy atom. The lowest BCUT2D eigenvalue weighted by molar-refractivity contribution is 0.514. The molecule has 0 radical (unpaired) electrons. The van der Waals surface area contributed by atoms with Gasteiger partial charge in [-0.05, 0) is 36.8 Å². The van der Waals surface area contributed by atoms with Crippen LogP contribution >= 0.6 is 0 Å². The van der Waals surface area contributed by atoms with E-state index in [1.165, 1.54) is 372 Å². The van der Waals surface area contributed by atoms with Gasteiger partial charge in [0.1, 0.15) is 0 Å². The quantitative estimate of drug-likeness (QED) is 0.0571. The van der Waals surface area contributed by atoms with Crippen LogP contribution in [0.15, 0.2) is 24.3 Å². The van der Waals surface area contributed by atoms with Crippen molar-refractivity contribution in [3.05, 3.63) is 35.4 Å². The molecule has 66 heavy (non-hydrogen) atoms. The van der Waals surface area contributed by atoms with Gasteiger partial charge in [-0.3, -0.25) is 0 Å². The first kappa shape index (κ1) is 63.2. The third-order valence-electron chi connectivity index (χ3n) is 15.6. The standard InChI is InChI=1S/C66H126/c1-3-5-7-9-11-13-15-17-19-21-23-25-27-29-31-33-35-37-39-41-43-45-47-49-51-53-55-57-60-65-62-59-63-66(64-65)61-58-56-54-52-50-48-46-44-42-40-38-36-34-32-30-28-26-24-22-20-18-16-14-12-10-8-6-4-2/h59,62-64H,3-58,60-61H2,1-2H3. The normalized spacial score (nSPS) is 11.7. The molecule has 0 saturated heterocycles. The zero-order valence-electron chi connectivity index (χ0n) is 46.3. The van der Waals surface area contributed by atoms with Gasteiger partial charge in [-0.1, -0.05) is 385 Å². The molecular weight excluding hydrogens is 793 g/mol. The molecule has 0 atom stereocenters. The first-order valence-electron chi connectivity index (χ1n) is 31.9. The highest BCUT2D eigenvalue weighted by Crippen LogP contribution is 2.20. The maximum Gasteiger partial charge on any atom is -0.0279 e. The summed E-state index contributed by atoms with van der Waals surface area (Å²) in [4.78, 5) is 0. The first-order chi connectivity index (χ1) is 32.9. The van der Waals surface area contributed by atoms with E-state index in [1.807, 2.05) is 0 Å². The summed E-state index contributed by atoms with van der Waals surface area (Å²) in [6.45, 7) is 4.63. The molecule has 1 rings (SSSR count). The van der Waals surface area contributed by atoms with Crippen LogP contribution in [-0.4, -0.2) is 0 Å². The van der Waals surface area contributed by atoms with E-state index in [1.54, 1.807) is 11.1 Å². The molecule has 0 aliphatic carbocycles. The average Bonchev–Trinajstić information content (AvgIpc) is 3.33. The van der Waals surface area contributed by atoms with Gasteiger partial charge in [-0.15, -0.1) is 0 Å². The molecule has 1 aromatic carbocycles. The van der Waals surface area contributed by atoms with Crippen LogP contribution in [0.4, 0.5) is 0 Å². The first-order valence-corrected chi connectivity index (χ1v) is 31.9. The van der Waals surface area contributed by atoms with Crippen molar-refractivity contribution in [3.63, 3.8) is 0 Å². The summed E-state index contributed by atoms with van der Waals surface area (Å²) < 4.78 is 0. The Labute approximate surface area is 419 Å². The lowest BCUT2D eigenvalue weighted by atomic mass is 9.99. The lowest BCUT2D eigenvalue weighted by Crippen LogP contribution is -1.91. The molecule has 0 unspecified atom stereocenters. The lowest BCUT2D eigenvalue weighted by Gasteiger charge is -2.07. The largest absolute Gasteiger partial charge is 0.0654 e. The van der Waals surface area contributed by atoms with Gasteiger partial charge in [0.2, 0.25) is 0 Å². The molecule has 0 N–H and O–H groups in total. The minimum atomic E-state index is 1.28. The topological polar surface area (TPSA) is 0 Å². The second-order valence-corrected chi connectivity index (χ2v) is 22.4. The van der Waals surface area contributed by atoms with E-state index in [0.29, 0.717) is 0 Å². The third kappa shape index (κ3) is 51.1. The van der Waals surface area contributed by atoms with Crippen LogP contribution in [-0.2, 0) is 12.8 Å². The Morgan fingerprint density at radius 1 is 0.182 bits per heavy atom. The summed E-state index contributed by atoms with van der Waals surface area (Å²) in [6.07, 6.45) is 84.9. The van der Waals surface area contributed by atoms with E-state index >= 15 is 0 Å². The fraction of sp³-hybridized carbons (Fsp3) is 0.909. The molecule has 0 aliphatic heterocycles. The van der Waals surface area contributed by atoms with Gasteiger partial charge in [0.15, 0.2) is 0 Å². The van der Waals surface area contributed by atoms with Gasteiger partial charge >= 0.3 is 0 Å². The summed E-state index contributed by atoms with van der Waals surface area (Å²) in [6, 6.07) is 9.62. The van der Waals surface area contributed by atoms with Crippen molar-refractivity contribution in [1.82, 2.24) is 0 Å². The SMILES string of the molecule is CCCCCCCCCCCCCCCCCCCCCCCCCCCCCCc1cccc(CCCCCCCCCCCCCCCCCCCCCCCCCCCCCC)c1. The molecule has 0 saturated carbocycles.